The maximum atomic E-state index is 12.9. The molecule has 1 atom stereocenters. The summed E-state index contributed by atoms with van der Waals surface area (Å²) in [4.78, 5) is 22.8. The van der Waals surface area contributed by atoms with Gasteiger partial charge in [0.2, 0.25) is 5.88 Å². The smallest absolute Gasteiger partial charge is 0.256 e. The van der Waals surface area contributed by atoms with Crippen LogP contribution >= 0.6 is 0 Å². The summed E-state index contributed by atoms with van der Waals surface area (Å²) in [6, 6.07) is 9.82. The Labute approximate surface area is 146 Å². The first kappa shape index (κ1) is 16.0. The van der Waals surface area contributed by atoms with Crippen molar-refractivity contribution in [2.45, 2.75) is 31.5 Å². The lowest BCUT2D eigenvalue weighted by atomic mass is 9.96. The highest BCUT2D eigenvalue weighted by molar-refractivity contribution is 5.83. The van der Waals surface area contributed by atoms with Crippen LogP contribution in [0.3, 0.4) is 0 Å². The Kier molecular flexibility index (Phi) is 4.61. The zero-order chi connectivity index (χ0) is 17.1. The van der Waals surface area contributed by atoms with Gasteiger partial charge in [-0.25, -0.2) is 9.97 Å². The van der Waals surface area contributed by atoms with E-state index in [-0.39, 0.29) is 12.0 Å². The second-order valence-electron chi connectivity index (χ2n) is 6.39. The summed E-state index contributed by atoms with van der Waals surface area (Å²) in [7, 11) is 0. The van der Waals surface area contributed by atoms with E-state index < -0.39 is 6.10 Å². The molecule has 0 N–H and O–H groups in total. The van der Waals surface area contributed by atoms with Gasteiger partial charge in [0.05, 0.1) is 6.61 Å². The number of likely N-dealkylation sites (tertiary alicyclic amines) is 1. The average molecular weight is 339 g/mol. The molecule has 2 aliphatic rings. The molecule has 1 aromatic heterocycles. The lowest BCUT2D eigenvalue weighted by molar-refractivity contribution is -0.147. The molecule has 0 saturated carbocycles. The van der Waals surface area contributed by atoms with Crippen LogP contribution in [-0.4, -0.2) is 46.6 Å². The van der Waals surface area contributed by atoms with E-state index >= 15 is 0 Å². The van der Waals surface area contributed by atoms with Gasteiger partial charge < -0.3 is 14.4 Å². The Bertz CT molecular complexity index is 730. The first-order valence-corrected chi connectivity index (χ1v) is 8.72. The van der Waals surface area contributed by atoms with E-state index in [1.807, 2.05) is 23.1 Å². The third-order valence-electron chi connectivity index (χ3n) is 4.81. The molecule has 1 fully saturated rings. The molecule has 25 heavy (non-hydrogen) atoms. The van der Waals surface area contributed by atoms with Crippen LogP contribution in [0.5, 0.6) is 5.88 Å². The standard InChI is InChI=1S/C19H21N3O3/c23-19(18-16-4-2-1-3-14(16)8-12-24-18)22-10-6-15(7-11-22)25-17-5-9-20-13-21-17/h1-5,9,13,15,18H,6-8,10-12H2. The van der Waals surface area contributed by atoms with Crippen molar-refractivity contribution in [2.24, 2.45) is 0 Å². The minimum Gasteiger partial charge on any atom is -0.474 e. The van der Waals surface area contributed by atoms with Crippen molar-refractivity contribution in [3.63, 3.8) is 0 Å². The summed E-state index contributed by atoms with van der Waals surface area (Å²) >= 11 is 0. The maximum Gasteiger partial charge on any atom is 0.256 e. The molecular formula is C19H21N3O3. The minimum absolute atomic E-state index is 0.0626. The van der Waals surface area contributed by atoms with E-state index in [2.05, 4.69) is 16.0 Å². The summed E-state index contributed by atoms with van der Waals surface area (Å²) in [5, 5.41) is 0. The van der Waals surface area contributed by atoms with E-state index in [1.165, 1.54) is 11.9 Å². The van der Waals surface area contributed by atoms with Crippen LogP contribution in [0, 0.1) is 0 Å². The van der Waals surface area contributed by atoms with Gasteiger partial charge in [0.25, 0.3) is 5.91 Å². The molecule has 1 aromatic carbocycles. The molecule has 4 rings (SSSR count). The van der Waals surface area contributed by atoms with Gasteiger partial charge in [0.15, 0.2) is 6.10 Å². The van der Waals surface area contributed by atoms with E-state index in [9.17, 15) is 4.79 Å². The number of amides is 1. The summed E-state index contributed by atoms with van der Waals surface area (Å²) in [5.41, 5.74) is 2.23. The van der Waals surface area contributed by atoms with Crippen LogP contribution in [0.2, 0.25) is 0 Å². The molecule has 1 saturated heterocycles. The van der Waals surface area contributed by atoms with Gasteiger partial charge in [0.1, 0.15) is 12.4 Å². The van der Waals surface area contributed by atoms with Gasteiger partial charge in [-0.3, -0.25) is 4.79 Å². The highest BCUT2D eigenvalue weighted by Gasteiger charge is 2.33. The number of carbonyl (C=O) groups excluding carboxylic acids is 1. The molecule has 6 heteroatoms. The first-order chi connectivity index (χ1) is 12.3. The average Bonchev–Trinajstić information content (AvgIpc) is 2.68. The van der Waals surface area contributed by atoms with E-state index in [4.69, 9.17) is 9.47 Å². The Morgan fingerprint density at radius 3 is 2.84 bits per heavy atom. The molecular weight excluding hydrogens is 318 g/mol. The predicted octanol–water partition coefficient (Wildman–Crippen LogP) is 2.16. The molecule has 2 aliphatic heterocycles. The molecule has 0 radical (unpaired) electrons. The number of aromatic nitrogens is 2. The molecule has 1 unspecified atom stereocenters. The number of benzene rings is 1. The number of piperidine rings is 1. The van der Waals surface area contributed by atoms with Gasteiger partial charge in [-0.05, 0) is 17.5 Å². The molecule has 130 valence electrons. The van der Waals surface area contributed by atoms with Crippen LogP contribution in [0.1, 0.15) is 30.1 Å². The third kappa shape index (κ3) is 3.49. The van der Waals surface area contributed by atoms with Crippen LogP contribution < -0.4 is 4.74 Å². The lowest BCUT2D eigenvalue weighted by Gasteiger charge is -2.35. The van der Waals surface area contributed by atoms with Crippen LogP contribution in [0.4, 0.5) is 0 Å². The molecule has 0 bridgehead atoms. The highest BCUT2D eigenvalue weighted by Crippen LogP contribution is 2.29. The topological polar surface area (TPSA) is 64.5 Å². The predicted molar refractivity (Wildman–Crippen MR) is 91.1 cm³/mol. The largest absolute Gasteiger partial charge is 0.474 e. The SMILES string of the molecule is O=C(C1OCCc2ccccc21)N1CCC(Oc2ccncn2)CC1. The van der Waals surface area contributed by atoms with Gasteiger partial charge in [-0.15, -0.1) is 0 Å². The molecule has 1 amide bonds. The second-order valence-corrected chi connectivity index (χ2v) is 6.39. The van der Waals surface area contributed by atoms with E-state index in [0.717, 1.165) is 24.8 Å². The fourth-order valence-corrected chi connectivity index (χ4v) is 3.48. The first-order valence-electron chi connectivity index (χ1n) is 8.72. The van der Waals surface area contributed by atoms with Crippen molar-refractivity contribution < 1.29 is 14.3 Å². The molecule has 3 heterocycles. The maximum absolute atomic E-state index is 12.9. The number of rotatable bonds is 3. The zero-order valence-corrected chi connectivity index (χ0v) is 14.0. The van der Waals surface area contributed by atoms with Crippen LogP contribution in [0.15, 0.2) is 42.9 Å². The van der Waals surface area contributed by atoms with Crippen molar-refractivity contribution in [1.82, 2.24) is 14.9 Å². The Balaban J connectivity index is 1.37. The van der Waals surface area contributed by atoms with E-state index in [1.54, 1.807) is 12.3 Å². The normalized spacial score (nSPS) is 20.8. The van der Waals surface area contributed by atoms with Crippen molar-refractivity contribution >= 4 is 5.91 Å². The summed E-state index contributed by atoms with van der Waals surface area (Å²) in [6.07, 6.45) is 5.22. The third-order valence-corrected chi connectivity index (χ3v) is 4.81. The zero-order valence-electron chi connectivity index (χ0n) is 14.0. The summed E-state index contributed by atoms with van der Waals surface area (Å²) in [6.45, 7) is 1.95. The van der Waals surface area contributed by atoms with Crippen molar-refractivity contribution in [3.8, 4) is 5.88 Å². The quantitative estimate of drug-likeness (QED) is 0.857. The van der Waals surface area contributed by atoms with Crippen molar-refractivity contribution in [3.05, 3.63) is 54.0 Å². The summed E-state index contributed by atoms with van der Waals surface area (Å²) < 4.78 is 11.7. The monoisotopic (exact) mass is 339 g/mol. The molecule has 2 aromatic rings. The number of carbonyl (C=O) groups is 1. The fourth-order valence-electron chi connectivity index (χ4n) is 3.48. The minimum atomic E-state index is -0.468. The van der Waals surface area contributed by atoms with E-state index in [0.29, 0.717) is 25.6 Å². The van der Waals surface area contributed by atoms with Gasteiger partial charge in [0, 0.05) is 38.2 Å². The van der Waals surface area contributed by atoms with Crippen molar-refractivity contribution in [2.75, 3.05) is 19.7 Å². The number of hydrogen-bond donors (Lipinski definition) is 0. The Hall–Kier alpha value is -2.47. The number of ether oxygens (including phenoxy) is 2. The number of hydrogen-bond acceptors (Lipinski definition) is 5. The van der Waals surface area contributed by atoms with Crippen molar-refractivity contribution in [1.29, 1.82) is 0 Å². The van der Waals surface area contributed by atoms with Crippen LogP contribution in [0.25, 0.3) is 0 Å². The molecule has 0 aliphatic carbocycles. The second kappa shape index (κ2) is 7.19. The lowest BCUT2D eigenvalue weighted by Crippen LogP contribution is -2.45. The van der Waals surface area contributed by atoms with Gasteiger partial charge >= 0.3 is 0 Å². The van der Waals surface area contributed by atoms with Gasteiger partial charge in [-0.1, -0.05) is 24.3 Å². The Morgan fingerprint density at radius 1 is 1.20 bits per heavy atom. The number of nitrogens with zero attached hydrogens (tertiary/aromatic N) is 3. The molecule has 6 nitrogen and oxygen atoms in total. The fraction of sp³-hybridized carbons (Fsp3) is 0.421. The molecule has 0 spiro atoms. The highest BCUT2D eigenvalue weighted by atomic mass is 16.5. The van der Waals surface area contributed by atoms with Gasteiger partial charge in [-0.2, -0.15) is 0 Å². The number of fused-ring (bicyclic) bond motifs is 1. The van der Waals surface area contributed by atoms with Crippen LogP contribution in [-0.2, 0) is 16.0 Å². The Morgan fingerprint density at radius 2 is 2.04 bits per heavy atom. The summed E-state index contributed by atoms with van der Waals surface area (Å²) in [5.74, 6) is 0.650.